The highest BCUT2D eigenvalue weighted by Gasteiger charge is 2.69. The number of carbonyl (C=O) groups excluding carboxylic acids is 3. The largest absolute Gasteiger partial charge is 0.465 e. The Morgan fingerprint density at radius 3 is 2.24 bits per heavy atom. The van der Waals surface area contributed by atoms with E-state index in [-0.39, 0.29) is 25.2 Å². The van der Waals surface area contributed by atoms with Crippen molar-refractivity contribution < 1.29 is 41.8 Å². The Morgan fingerprint density at radius 2 is 1.68 bits per heavy atom. The van der Waals surface area contributed by atoms with E-state index >= 15 is 0 Å². The predicted octanol–water partition coefficient (Wildman–Crippen LogP) is 4.79. The van der Waals surface area contributed by atoms with Gasteiger partial charge in [0.1, 0.15) is 5.60 Å². The van der Waals surface area contributed by atoms with Gasteiger partial charge in [-0.1, -0.05) is 42.5 Å². The van der Waals surface area contributed by atoms with Gasteiger partial charge in [-0.2, -0.15) is 13.2 Å². The van der Waals surface area contributed by atoms with Crippen molar-refractivity contribution in [2.24, 2.45) is 5.92 Å². The third-order valence-electron chi connectivity index (χ3n) is 6.78. The molecule has 0 bridgehead atoms. The van der Waals surface area contributed by atoms with Gasteiger partial charge in [-0.25, -0.2) is 0 Å². The number of fused-ring (bicyclic) bond motifs is 1. The summed E-state index contributed by atoms with van der Waals surface area (Å²) in [7, 11) is 0. The molecule has 2 saturated heterocycles. The molecule has 2 aromatic rings. The summed E-state index contributed by atoms with van der Waals surface area (Å²) < 4.78 is 56.9. The van der Waals surface area contributed by atoms with Gasteiger partial charge < -0.3 is 19.1 Å². The van der Waals surface area contributed by atoms with Crippen molar-refractivity contribution >= 4 is 17.8 Å². The van der Waals surface area contributed by atoms with Gasteiger partial charge in [-0.05, 0) is 45.4 Å². The lowest BCUT2D eigenvalue weighted by molar-refractivity contribution is -0.161. The fourth-order valence-electron chi connectivity index (χ4n) is 5.33. The maximum absolute atomic E-state index is 14.3. The van der Waals surface area contributed by atoms with E-state index in [4.69, 9.17) is 14.2 Å². The molecule has 0 unspecified atom stereocenters. The average molecular weight is 534 g/mol. The molecule has 0 N–H and O–H groups in total. The first-order chi connectivity index (χ1) is 17.8. The van der Waals surface area contributed by atoms with Gasteiger partial charge in [0.15, 0.2) is 11.6 Å². The summed E-state index contributed by atoms with van der Waals surface area (Å²) in [5.74, 6) is -3.30. The molecule has 0 saturated carbocycles. The fourth-order valence-corrected chi connectivity index (χ4v) is 5.33. The molecule has 2 aliphatic rings. The molecule has 0 aliphatic carbocycles. The highest BCUT2D eigenvalue weighted by atomic mass is 19.4. The molecule has 2 aromatic carbocycles. The molecule has 204 valence electrons. The van der Waals surface area contributed by atoms with Crippen LogP contribution in [0, 0.1) is 5.92 Å². The van der Waals surface area contributed by atoms with Crippen molar-refractivity contribution in [1.82, 2.24) is 4.90 Å². The standard InChI is InChI=1S/C28H30F3NO6/c1-5-36-25(35)27(18-11-13-19(14-12-18)28(29,30)31)20(15-22(33)38-26(2,3)4)21-16-37-23(32(21)24(27)34)17-9-7-6-8-10-17/h6-14,20-21,23H,5,15-16H2,1-4H3/t20-,21-,23-,27+/m1/s1. The fraction of sp³-hybridized carbons (Fsp3) is 0.464. The first kappa shape index (κ1) is 27.6. The molecular weight excluding hydrogens is 503 g/mol. The SMILES string of the molecule is CCOC(=O)[C@]1(c2ccc(C(F)(F)F)cc2)C(=O)N2[C@@H](c3ccccc3)OC[C@@H]2[C@H]1CC(=O)OC(C)(C)C. The average Bonchev–Trinajstić information content (AvgIpc) is 3.36. The number of amides is 1. The number of halogens is 3. The van der Waals surface area contributed by atoms with Crippen LogP contribution in [-0.2, 0) is 40.2 Å². The summed E-state index contributed by atoms with van der Waals surface area (Å²) in [6, 6.07) is 12.0. The normalized spacial score (nSPS) is 25.3. The lowest BCUT2D eigenvalue weighted by Gasteiger charge is -2.33. The molecule has 7 nitrogen and oxygen atoms in total. The van der Waals surface area contributed by atoms with Crippen LogP contribution in [-0.4, -0.2) is 47.6 Å². The number of hydrogen-bond acceptors (Lipinski definition) is 6. The van der Waals surface area contributed by atoms with Gasteiger partial charge in [0, 0.05) is 11.5 Å². The van der Waals surface area contributed by atoms with Gasteiger partial charge in [-0.3, -0.25) is 14.4 Å². The smallest absolute Gasteiger partial charge is 0.416 e. The van der Waals surface area contributed by atoms with Gasteiger partial charge in [0.2, 0.25) is 5.91 Å². The van der Waals surface area contributed by atoms with E-state index in [1.165, 1.54) is 4.90 Å². The van der Waals surface area contributed by atoms with Crippen molar-refractivity contribution in [3.05, 3.63) is 71.3 Å². The molecule has 4 rings (SSSR count). The van der Waals surface area contributed by atoms with Crippen LogP contribution in [0.3, 0.4) is 0 Å². The number of rotatable bonds is 6. The lowest BCUT2D eigenvalue weighted by atomic mass is 9.68. The van der Waals surface area contributed by atoms with Crippen LogP contribution in [0.5, 0.6) is 0 Å². The van der Waals surface area contributed by atoms with Gasteiger partial charge in [-0.15, -0.1) is 0 Å². The Kier molecular flexibility index (Phi) is 7.31. The van der Waals surface area contributed by atoms with Crippen molar-refractivity contribution in [3.63, 3.8) is 0 Å². The van der Waals surface area contributed by atoms with Crippen LogP contribution in [0.1, 0.15) is 57.0 Å². The minimum atomic E-state index is -4.61. The zero-order valence-electron chi connectivity index (χ0n) is 21.6. The number of carbonyl (C=O) groups is 3. The van der Waals surface area contributed by atoms with Crippen molar-refractivity contribution in [1.29, 1.82) is 0 Å². The van der Waals surface area contributed by atoms with Gasteiger partial charge in [0.05, 0.1) is 31.2 Å². The van der Waals surface area contributed by atoms with E-state index in [1.54, 1.807) is 58.0 Å². The molecule has 1 amide bonds. The van der Waals surface area contributed by atoms with E-state index in [9.17, 15) is 27.6 Å². The van der Waals surface area contributed by atoms with Crippen LogP contribution in [0.4, 0.5) is 13.2 Å². The molecule has 0 spiro atoms. The highest BCUT2D eigenvalue weighted by molar-refractivity contribution is 6.11. The van der Waals surface area contributed by atoms with E-state index in [0.29, 0.717) is 5.56 Å². The predicted molar refractivity (Wildman–Crippen MR) is 129 cm³/mol. The first-order valence-corrected chi connectivity index (χ1v) is 12.4. The van der Waals surface area contributed by atoms with E-state index < -0.39 is 58.8 Å². The van der Waals surface area contributed by atoms with Crippen molar-refractivity contribution in [2.75, 3.05) is 13.2 Å². The summed E-state index contributed by atoms with van der Waals surface area (Å²) in [5.41, 5.74) is -3.16. The Hall–Kier alpha value is -3.40. The Labute approximate surface area is 218 Å². The molecule has 10 heteroatoms. The zero-order valence-corrected chi connectivity index (χ0v) is 21.6. The van der Waals surface area contributed by atoms with Crippen LogP contribution >= 0.6 is 0 Å². The number of alkyl halides is 3. The zero-order chi connectivity index (χ0) is 27.9. The summed E-state index contributed by atoms with van der Waals surface area (Å²) >= 11 is 0. The Balaban J connectivity index is 1.88. The van der Waals surface area contributed by atoms with Crippen LogP contribution < -0.4 is 0 Å². The molecular formula is C28H30F3NO6. The third kappa shape index (κ3) is 4.89. The number of hydrogen-bond donors (Lipinski definition) is 0. The van der Waals surface area contributed by atoms with Crippen LogP contribution in [0.2, 0.25) is 0 Å². The first-order valence-electron chi connectivity index (χ1n) is 12.4. The maximum Gasteiger partial charge on any atom is 0.416 e. The number of esters is 2. The molecule has 2 fully saturated rings. The monoisotopic (exact) mass is 533 g/mol. The second kappa shape index (κ2) is 10.1. The Bertz CT molecular complexity index is 1190. The number of nitrogens with zero attached hydrogens (tertiary/aromatic N) is 1. The van der Waals surface area contributed by atoms with Crippen LogP contribution in [0.25, 0.3) is 0 Å². The minimum absolute atomic E-state index is 0.0144. The molecule has 38 heavy (non-hydrogen) atoms. The van der Waals surface area contributed by atoms with E-state index in [0.717, 1.165) is 24.3 Å². The summed E-state index contributed by atoms with van der Waals surface area (Å²) in [4.78, 5) is 42.5. The lowest BCUT2D eigenvalue weighted by Crippen LogP contribution is -2.50. The van der Waals surface area contributed by atoms with E-state index in [2.05, 4.69) is 0 Å². The topological polar surface area (TPSA) is 82.1 Å². The maximum atomic E-state index is 14.3. The number of benzene rings is 2. The number of ether oxygens (including phenoxy) is 3. The van der Waals surface area contributed by atoms with E-state index in [1.807, 2.05) is 0 Å². The molecule has 2 aliphatic heterocycles. The summed E-state index contributed by atoms with van der Waals surface area (Å²) in [5, 5.41) is 0. The highest BCUT2D eigenvalue weighted by Crippen LogP contribution is 2.53. The summed E-state index contributed by atoms with van der Waals surface area (Å²) in [6.45, 7) is 6.58. The molecule has 2 heterocycles. The quantitative estimate of drug-likeness (QED) is 0.392. The van der Waals surface area contributed by atoms with Crippen molar-refractivity contribution in [3.8, 4) is 0 Å². The second-order valence-electron chi connectivity index (χ2n) is 10.4. The molecule has 4 atom stereocenters. The van der Waals surface area contributed by atoms with Gasteiger partial charge >= 0.3 is 18.1 Å². The minimum Gasteiger partial charge on any atom is -0.465 e. The van der Waals surface area contributed by atoms with Crippen molar-refractivity contribution in [2.45, 2.75) is 63.6 Å². The second-order valence-corrected chi connectivity index (χ2v) is 10.4. The Morgan fingerprint density at radius 1 is 1.05 bits per heavy atom. The van der Waals surface area contributed by atoms with Crippen LogP contribution in [0.15, 0.2) is 54.6 Å². The van der Waals surface area contributed by atoms with Gasteiger partial charge in [0.25, 0.3) is 0 Å². The third-order valence-corrected chi connectivity index (χ3v) is 6.78. The summed E-state index contributed by atoms with van der Waals surface area (Å²) in [6.07, 6.45) is -5.81. The molecule has 0 radical (unpaired) electrons. The molecule has 0 aromatic heterocycles.